The Labute approximate surface area is 240 Å². The Morgan fingerprint density at radius 1 is 1.02 bits per heavy atom. The Bertz CT molecular complexity index is 1290. The van der Waals surface area contributed by atoms with E-state index in [0.717, 1.165) is 5.56 Å². The molecule has 0 fully saturated rings. The second kappa shape index (κ2) is 13.0. The highest BCUT2D eigenvalue weighted by Crippen LogP contribution is 2.39. The van der Waals surface area contributed by atoms with E-state index in [4.69, 9.17) is 19.9 Å². The maximum Gasteiger partial charge on any atom is 0.408 e. The lowest BCUT2D eigenvalue weighted by Crippen LogP contribution is -2.59. The number of benzene rings is 2. The quantitative estimate of drug-likeness (QED) is 0.265. The normalized spacial score (nSPS) is 17.7. The van der Waals surface area contributed by atoms with Gasteiger partial charge in [0.15, 0.2) is 0 Å². The van der Waals surface area contributed by atoms with E-state index in [1.807, 2.05) is 12.1 Å². The molecule has 2 aromatic carbocycles. The first-order valence-corrected chi connectivity index (χ1v) is 13.6. The average Bonchev–Trinajstić information content (AvgIpc) is 2.91. The van der Waals surface area contributed by atoms with Crippen LogP contribution in [-0.2, 0) is 36.7 Å². The molecule has 0 bridgehead atoms. The number of alkyl carbamates (subject to hydrolysis) is 1. The van der Waals surface area contributed by atoms with Gasteiger partial charge in [0.2, 0.25) is 11.8 Å². The summed E-state index contributed by atoms with van der Waals surface area (Å²) >= 11 is 0. The van der Waals surface area contributed by atoms with Crippen LogP contribution in [0.25, 0.3) is 0 Å². The van der Waals surface area contributed by atoms with Gasteiger partial charge in [0.1, 0.15) is 28.8 Å². The Kier molecular flexibility index (Phi) is 9.98. The number of hydrogen-bond acceptors (Lipinski definition) is 8. The summed E-state index contributed by atoms with van der Waals surface area (Å²) in [6, 6.07) is 11.7. The van der Waals surface area contributed by atoms with Crippen LogP contribution >= 0.6 is 0 Å². The molecule has 1 aliphatic carbocycles. The smallest absolute Gasteiger partial charge is 0.408 e. The maximum atomic E-state index is 13.1. The second-order valence-corrected chi connectivity index (χ2v) is 11.1. The Hall–Kier alpha value is -4.12. The summed E-state index contributed by atoms with van der Waals surface area (Å²) in [5, 5.41) is 8.33. The minimum atomic E-state index is -1.37. The first-order valence-electron chi connectivity index (χ1n) is 13.6. The van der Waals surface area contributed by atoms with E-state index in [0.29, 0.717) is 35.5 Å². The molecule has 0 unspecified atom stereocenters. The van der Waals surface area contributed by atoms with Crippen molar-refractivity contribution in [2.45, 2.75) is 83.6 Å². The molecule has 0 heterocycles. The summed E-state index contributed by atoms with van der Waals surface area (Å²) in [5.74, 6) is -0.489. The Morgan fingerprint density at radius 2 is 1.71 bits per heavy atom. The van der Waals surface area contributed by atoms with E-state index >= 15 is 0 Å². The fourth-order valence-corrected chi connectivity index (χ4v) is 4.56. The number of fused-ring (bicyclic) bond motifs is 1. The first-order chi connectivity index (χ1) is 19.3. The van der Waals surface area contributed by atoms with Crippen molar-refractivity contribution in [3.05, 3.63) is 59.2 Å². The number of esters is 1. The molecule has 11 nitrogen and oxygen atoms in total. The highest BCUT2D eigenvalue weighted by molar-refractivity contribution is 5.87. The Morgan fingerprint density at radius 3 is 2.34 bits per heavy atom. The van der Waals surface area contributed by atoms with Crippen LogP contribution in [-0.4, -0.2) is 48.2 Å². The van der Waals surface area contributed by atoms with Crippen LogP contribution in [0.2, 0.25) is 0 Å². The average molecular weight is 569 g/mol. The zero-order chi connectivity index (χ0) is 30.4. The topological polar surface area (TPSA) is 158 Å². The summed E-state index contributed by atoms with van der Waals surface area (Å²) in [4.78, 5) is 50.6. The number of carbonyl (C=O) groups is 4. The van der Waals surface area contributed by atoms with Gasteiger partial charge in [0.25, 0.3) is 0 Å². The van der Waals surface area contributed by atoms with Crippen molar-refractivity contribution in [1.29, 1.82) is 0 Å². The molecule has 222 valence electrons. The van der Waals surface area contributed by atoms with E-state index in [1.54, 1.807) is 65.0 Å². The summed E-state index contributed by atoms with van der Waals surface area (Å²) in [5.41, 5.74) is 5.80. The fourth-order valence-electron chi connectivity index (χ4n) is 4.56. The van der Waals surface area contributed by atoms with Gasteiger partial charge in [-0.15, -0.1) is 0 Å². The van der Waals surface area contributed by atoms with Gasteiger partial charge in [-0.05, 0) is 58.2 Å². The van der Waals surface area contributed by atoms with Gasteiger partial charge in [0, 0.05) is 24.0 Å². The number of hydrogen-bond donors (Lipinski definition) is 4. The Balaban J connectivity index is 2.00. The highest BCUT2D eigenvalue weighted by Gasteiger charge is 2.45. The van der Waals surface area contributed by atoms with Crippen LogP contribution in [0.3, 0.4) is 0 Å². The fraction of sp³-hybridized carbons (Fsp3) is 0.467. The summed E-state index contributed by atoms with van der Waals surface area (Å²) < 4.78 is 17.0. The van der Waals surface area contributed by atoms with Crippen LogP contribution in [0.15, 0.2) is 42.5 Å². The molecule has 3 atom stereocenters. The molecule has 0 saturated carbocycles. The van der Waals surface area contributed by atoms with Crippen molar-refractivity contribution >= 4 is 23.9 Å². The number of nitrogens with two attached hydrogens (primary N) is 1. The number of aryl methyl sites for hydroxylation is 1. The van der Waals surface area contributed by atoms with Crippen LogP contribution < -0.4 is 26.4 Å². The number of para-hydroxylation sites is 1. The minimum absolute atomic E-state index is 0.101. The number of ether oxygens (including phenoxy) is 3. The lowest BCUT2D eigenvalue weighted by atomic mass is 9.77. The SMILES string of the molecule is CCC(=O)N[C@@H](NC(=O)[C@H](C)N)c1ccccc1Oc1cccc2c1C[C@@](NC(=O)OC(C)(C)C)(C(=O)OC)CC2. The molecule has 11 heteroatoms. The first kappa shape index (κ1) is 31.4. The van der Waals surface area contributed by atoms with Crippen molar-refractivity contribution in [2.75, 3.05) is 7.11 Å². The second-order valence-electron chi connectivity index (χ2n) is 11.1. The zero-order valence-corrected chi connectivity index (χ0v) is 24.5. The molecule has 3 amide bonds. The highest BCUT2D eigenvalue weighted by atomic mass is 16.6. The molecule has 3 rings (SSSR count). The molecule has 0 saturated heterocycles. The van der Waals surface area contributed by atoms with Crippen molar-refractivity contribution in [3.8, 4) is 11.5 Å². The van der Waals surface area contributed by atoms with E-state index in [2.05, 4.69) is 16.0 Å². The largest absolute Gasteiger partial charge is 0.467 e. The van der Waals surface area contributed by atoms with Crippen LogP contribution in [0.1, 0.15) is 70.3 Å². The third-order valence-electron chi connectivity index (χ3n) is 6.62. The molecule has 0 radical (unpaired) electrons. The molecule has 2 aromatic rings. The lowest BCUT2D eigenvalue weighted by Gasteiger charge is -2.37. The molecule has 0 aliphatic heterocycles. The van der Waals surface area contributed by atoms with Crippen molar-refractivity contribution in [2.24, 2.45) is 5.73 Å². The van der Waals surface area contributed by atoms with E-state index in [-0.39, 0.29) is 18.7 Å². The number of methoxy groups -OCH3 is 1. The standard InChI is InChI=1S/C30H40N4O7/c1-7-24(35)32-25(33-26(36)18(2)31)20-12-8-9-13-22(20)40-23-14-10-11-19-15-16-30(17-21(19)23,27(37)39-6)34-28(38)41-29(3,4)5/h8-14,18,25H,7,15-17,31H2,1-6H3,(H,32,35)(H,33,36)(H,34,38)/t18-,25-,30+/m0/s1. The van der Waals surface area contributed by atoms with Gasteiger partial charge in [-0.2, -0.15) is 0 Å². The van der Waals surface area contributed by atoms with Crippen molar-refractivity contribution in [1.82, 2.24) is 16.0 Å². The lowest BCUT2D eigenvalue weighted by molar-refractivity contribution is -0.149. The minimum Gasteiger partial charge on any atom is -0.467 e. The summed E-state index contributed by atoms with van der Waals surface area (Å²) in [6.07, 6.45) is -0.544. The van der Waals surface area contributed by atoms with Crippen LogP contribution in [0.5, 0.6) is 11.5 Å². The van der Waals surface area contributed by atoms with E-state index in [9.17, 15) is 19.2 Å². The van der Waals surface area contributed by atoms with Gasteiger partial charge in [-0.25, -0.2) is 9.59 Å². The molecule has 1 aliphatic rings. The van der Waals surface area contributed by atoms with E-state index in [1.165, 1.54) is 7.11 Å². The third kappa shape index (κ3) is 7.97. The van der Waals surface area contributed by atoms with Crippen molar-refractivity contribution < 1.29 is 33.4 Å². The summed E-state index contributed by atoms with van der Waals surface area (Å²) in [6.45, 7) is 8.47. The van der Waals surface area contributed by atoms with Gasteiger partial charge in [-0.3, -0.25) is 9.59 Å². The number of nitrogens with one attached hydrogen (secondary N) is 3. The number of rotatable bonds is 9. The van der Waals surface area contributed by atoms with Crippen molar-refractivity contribution in [3.63, 3.8) is 0 Å². The molecule has 0 spiro atoms. The molecular weight excluding hydrogens is 528 g/mol. The maximum absolute atomic E-state index is 13.1. The zero-order valence-electron chi connectivity index (χ0n) is 24.5. The number of carbonyl (C=O) groups excluding carboxylic acids is 4. The predicted octanol–water partition coefficient (Wildman–Crippen LogP) is 3.39. The monoisotopic (exact) mass is 568 g/mol. The number of amides is 3. The van der Waals surface area contributed by atoms with Gasteiger partial charge in [-0.1, -0.05) is 37.3 Å². The van der Waals surface area contributed by atoms with Crippen LogP contribution in [0, 0.1) is 0 Å². The molecule has 41 heavy (non-hydrogen) atoms. The summed E-state index contributed by atoms with van der Waals surface area (Å²) in [7, 11) is 1.27. The molecular formula is C30H40N4O7. The van der Waals surface area contributed by atoms with Gasteiger partial charge >= 0.3 is 12.1 Å². The third-order valence-corrected chi connectivity index (χ3v) is 6.62. The molecule has 0 aromatic heterocycles. The van der Waals surface area contributed by atoms with Gasteiger partial charge in [0.05, 0.1) is 13.2 Å². The molecule has 5 N–H and O–H groups in total. The van der Waals surface area contributed by atoms with Crippen LogP contribution in [0.4, 0.5) is 4.79 Å². The van der Waals surface area contributed by atoms with E-state index < -0.39 is 41.3 Å². The van der Waals surface area contributed by atoms with Gasteiger partial charge < -0.3 is 35.9 Å². The predicted molar refractivity (Wildman–Crippen MR) is 152 cm³/mol.